The standard InChI is InChI=1S/C13H13BrN2O3S2/c1-16-6-7-19-11-3-2-9(8-10(11)16)15-21(17,18)13-5-4-12(14)20-13/h2-5,8,15H,6-7H2,1H3. The van der Waals surface area contributed by atoms with Crippen LogP contribution in [0.3, 0.4) is 0 Å². The zero-order chi connectivity index (χ0) is 15.0. The second-order valence-corrected chi connectivity index (χ2v) is 8.99. The van der Waals surface area contributed by atoms with Crippen LogP contribution in [-0.4, -0.2) is 28.6 Å². The van der Waals surface area contributed by atoms with E-state index in [0.29, 0.717) is 12.3 Å². The predicted molar refractivity (Wildman–Crippen MR) is 88.0 cm³/mol. The number of ether oxygens (including phenoxy) is 1. The van der Waals surface area contributed by atoms with E-state index in [1.54, 1.807) is 30.3 Å². The van der Waals surface area contributed by atoms with Crippen molar-refractivity contribution in [1.82, 2.24) is 0 Å². The van der Waals surface area contributed by atoms with Gasteiger partial charge in [-0.05, 0) is 46.3 Å². The summed E-state index contributed by atoms with van der Waals surface area (Å²) < 4.78 is 33.8. The molecule has 1 N–H and O–H groups in total. The zero-order valence-electron chi connectivity index (χ0n) is 11.2. The van der Waals surface area contributed by atoms with Gasteiger partial charge >= 0.3 is 0 Å². The number of hydrogen-bond donors (Lipinski definition) is 1. The van der Waals surface area contributed by atoms with Crippen molar-refractivity contribution in [2.75, 3.05) is 29.8 Å². The summed E-state index contributed by atoms with van der Waals surface area (Å²) in [5, 5.41) is 0. The van der Waals surface area contributed by atoms with Gasteiger partial charge in [-0.15, -0.1) is 11.3 Å². The Morgan fingerprint density at radius 1 is 1.33 bits per heavy atom. The molecule has 21 heavy (non-hydrogen) atoms. The molecule has 0 fully saturated rings. The average molecular weight is 389 g/mol. The molecule has 1 aromatic carbocycles. The van der Waals surface area contributed by atoms with E-state index in [9.17, 15) is 8.42 Å². The molecule has 2 heterocycles. The minimum atomic E-state index is -3.56. The highest BCUT2D eigenvalue weighted by atomic mass is 79.9. The number of anilines is 2. The molecule has 112 valence electrons. The molecule has 0 spiro atoms. The molecular formula is C13H13BrN2O3S2. The molecule has 0 atom stereocenters. The number of rotatable bonds is 3. The number of sulfonamides is 1. The van der Waals surface area contributed by atoms with Crippen molar-refractivity contribution in [2.24, 2.45) is 0 Å². The van der Waals surface area contributed by atoms with Gasteiger partial charge in [0.25, 0.3) is 10.0 Å². The maximum absolute atomic E-state index is 12.3. The molecule has 0 saturated heterocycles. The summed E-state index contributed by atoms with van der Waals surface area (Å²) in [6.45, 7) is 1.42. The lowest BCUT2D eigenvalue weighted by molar-refractivity contribution is 0.311. The van der Waals surface area contributed by atoms with Crippen molar-refractivity contribution in [2.45, 2.75) is 4.21 Å². The summed E-state index contributed by atoms with van der Waals surface area (Å²) in [7, 11) is -1.60. The summed E-state index contributed by atoms with van der Waals surface area (Å²) in [5.74, 6) is 0.769. The van der Waals surface area contributed by atoms with Gasteiger partial charge in [0.15, 0.2) is 0 Å². The van der Waals surface area contributed by atoms with Gasteiger partial charge in [0.2, 0.25) is 0 Å². The van der Waals surface area contributed by atoms with Crippen LogP contribution < -0.4 is 14.4 Å². The fraction of sp³-hybridized carbons (Fsp3) is 0.231. The highest BCUT2D eigenvalue weighted by Crippen LogP contribution is 2.34. The maximum atomic E-state index is 12.3. The van der Waals surface area contributed by atoms with Gasteiger partial charge in [-0.2, -0.15) is 0 Å². The Hall–Kier alpha value is -1.25. The third-order valence-electron chi connectivity index (χ3n) is 3.12. The van der Waals surface area contributed by atoms with Crippen LogP contribution in [0.2, 0.25) is 0 Å². The first-order chi connectivity index (χ1) is 9.95. The number of nitrogens with zero attached hydrogens (tertiary/aromatic N) is 1. The van der Waals surface area contributed by atoms with Crippen LogP contribution in [0.1, 0.15) is 0 Å². The molecule has 3 rings (SSSR count). The molecule has 1 aromatic heterocycles. The van der Waals surface area contributed by atoms with Crippen molar-refractivity contribution in [1.29, 1.82) is 0 Å². The number of fused-ring (bicyclic) bond motifs is 1. The van der Waals surface area contributed by atoms with Gasteiger partial charge in [-0.1, -0.05) is 0 Å². The van der Waals surface area contributed by atoms with E-state index in [0.717, 1.165) is 21.8 Å². The lowest BCUT2D eigenvalue weighted by atomic mass is 10.2. The van der Waals surface area contributed by atoms with Gasteiger partial charge in [-0.3, -0.25) is 4.72 Å². The van der Waals surface area contributed by atoms with Crippen molar-refractivity contribution in [3.05, 3.63) is 34.1 Å². The van der Waals surface area contributed by atoms with Gasteiger partial charge in [0.1, 0.15) is 16.6 Å². The molecule has 0 bridgehead atoms. The number of halogens is 1. The molecule has 0 saturated carbocycles. The maximum Gasteiger partial charge on any atom is 0.271 e. The van der Waals surface area contributed by atoms with Gasteiger partial charge in [0, 0.05) is 7.05 Å². The molecule has 8 heteroatoms. The van der Waals surface area contributed by atoms with Gasteiger partial charge in [-0.25, -0.2) is 8.42 Å². The van der Waals surface area contributed by atoms with Gasteiger partial charge < -0.3 is 9.64 Å². The van der Waals surface area contributed by atoms with E-state index < -0.39 is 10.0 Å². The third-order valence-corrected chi connectivity index (χ3v) is 6.62. The molecule has 5 nitrogen and oxygen atoms in total. The van der Waals surface area contributed by atoms with Crippen LogP contribution in [0, 0.1) is 0 Å². The summed E-state index contributed by atoms with van der Waals surface area (Å²) in [6, 6.07) is 8.57. The number of likely N-dealkylation sites (N-methyl/N-ethyl adjacent to an activating group) is 1. The topological polar surface area (TPSA) is 58.6 Å². The smallest absolute Gasteiger partial charge is 0.271 e. The summed E-state index contributed by atoms with van der Waals surface area (Å²) >= 11 is 4.44. The quantitative estimate of drug-likeness (QED) is 0.877. The summed E-state index contributed by atoms with van der Waals surface area (Å²) in [5.41, 5.74) is 1.41. The van der Waals surface area contributed by atoms with Crippen LogP contribution in [0.5, 0.6) is 5.75 Å². The first-order valence-corrected chi connectivity index (χ1v) is 9.31. The normalized spacial score (nSPS) is 14.5. The predicted octanol–water partition coefficient (Wildman–Crippen LogP) is 3.14. The monoisotopic (exact) mass is 388 g/mol. The Morgan fingerprint density at radius 3 is 2.86 bits per heavy atom. The van der Waals surface area contributed by atoms with Crippen molar-refractivity contribution in [3.8, 4) is 5.75 Å². The minimum absolute atomic E-state index is 0.275. The van der Waals surface area contributed by atoms with E-state index in [-0.39, 0.29) is 4.21 Å². The average Bonchev–Trinajstić information content (AvgIpc) is 2.87. The van der Waals surface area contributed by atoms with Crippen molar-refractivity contribution < 1.29 is 13.2 Å². The highest BCUT2D eigenvalue weighted by Gasteiger charge is 2.19. The molecule has 1 aliphatic rings. The second-order valence-electron chi connectivity index (χ2n) is 4.62. The Morgan fingerprint density at radius 2 is 2.14 bits per heavy atom. The van der Waals surface area contributed by atoms with Crippen LogP contribution in [0.4, 0.5) is 11.4 Å². The zero-order valence-corrected chi connectivity index (χ0v) is 14.4. The van der Waals surface area contributed by atoms with E-state index in [1.165, 1.54) is 11.3 Å². The van der Waals surface area contributed by atoms with Crippen LogP contribution in [-0.2, 0) is 10.0 Å². The van der Waals surface area contributed by atoms with Crippen molar-refractivity contribution >= 4 is 48.7 Å². The van der Waals surface area contributed by atoms with Crippen LogP contribution in [0.15, 0.2) is 38.3 Å². The highest BCUT2D eigenvalue weighted by molar-refractivity contribution is 9.11. The lowest BCUT2D eigenvalue weighted by Crippen LogP contribution is -2.28. The van der Waals surface area contributed by atoms with E-state index in [4.69, 9.17) is 4.74 Å². The lowest BCUT2D eigenvalue weighted by Gasteiger charge is -2.28. The number of hydrogen-bond acceptors (Lipinski definition) is 5. The largest absolute Gasteiger partial charge is 0.490 e. The molecule has 0 unspecified atom stereocenters. The number of thiophene rings is 1. The SMILES string of the molecule is CN1CCOc2ccc(NS(=O)(=O)c3ccc(Br)s3)cc21. The van der Waals surface area contributed by atoms with E-state index in [1.807, 2.05) is 11.9 Å². The Balaban J connectivity index is 1.90. The molecule has 0 radical (unpaired) electrons. The summed E-state index contributed by atoms with van der Waals surface area (Å²) in [4.78, 5) is 2.04. The Bertz CT molecular complexity index is 773. The second kappa shape index (κ2) is 5.51. The molecule has 2 aromatic rings. The fourth-order valence-corrected chi connectivity index (χ4v) is 5.12. The van der Waals surface area contributed by atoms with Crippen LogP contribution >= 0.6 is 27.3 Å². The molecule has 0 aliphatic carbocycles. The molecule has 0 amide bonds. The molecular weight excluding hydrogens is 376 g/mol. The number of benzene rings is 1. The first-order valence-electron chi connectivity index (χ1n) is 6.22. The van der Waals surface area contributed by atoms with Gasteiger partial charge in [0.05, 0.1) is 21.7 Å². The summed E-state index contributed by atoms with van der Waals surface area (Å²) in [6.07, 6.45) is 0. The fourth-order valence-electron chi connectivity index (χ4n) is 2.06. The Labute approximate surface area is 135 Å². The van der Waals surface area contributed by atoms with Crippen molar-refractivity contribution in [3.63, 3.8) is 0 Å². The Kier molecular flexibility index (Phi) is 3.85. The number of nitrogens with one attached hydrogen (secondary N) is 1. The third kappa shape index (κ3) is 3.02. The van der Waals surface area contributed by atoms with E-state index >= 15 is 0 Å². The minimum Gasteiger partial charge on any atom is -0.490 e. The molecule has 1 aliphatic heterocycles. The van der Waals surface area contributed by atoms with E-state index in [2.05, 4.69) is 20.7 Å². The first kappa shape index (κ1) is 14.7. The van der Waals surface area contributed by atoms with Crippen LogP contribution in [0.25, 0.3) is 0 Å².